The lowest BCUT2D eigenvalue weighted by Crippen LogP contribution is -2.46. The van der Waals surface area contributed by atoms with Crippen LogP contribution in [-0.2, 0) is 4.79 Å². The SMILES string of the molecule is CC1(C)Oc2ccc(Nc3nc(Nc4ccc(N5CCC(C#N)CC5)cc4)ncc3F)nc2NC1=O. The molecule has 1 fully saturated rings. The van der Waals surface area contributed by atoms with Gasteiger partial charge in [-0.15, -0.1) is 0 Å². The third-order valence-corrected chi connectivity index (χ3v) is 6.16. The van der Waals surface area contributed by atoms with E-state index in [1.165, 1.54) is 0 Å². The Morgan fingerprint density at radius 3 is 2.61 bits per heavy atom. The average molecular weight is 489 g/mol. The lowest BCUT2D eigenvalue weighted by atomic mass is 9.98. The van der Waals surface area contributed by atoms with Gasteiger partial charge in [0.25, 0.3) is 5.91 Å². The minimum absolute atomic E-state index is 0.0691. The molecule has 0 unspecified atom stereocenters. The average Bonchev–Trinajstić information content (AvgIpc) is 2.87. The number of nitriles is 1. The van der Waals surface area contributed by atoms with Crippen LogP contribution >= 0.6 is 0 Å². The highest BCUT2D eigenvalue weighted by atomic mass is 19.1. The van der Waals surface area contributed by atoms with Crippen molar-refractivity contribution in [1.82, 2.24) is 15.0 Å². The number of anilines is 6. The number of hydrogen-bond donors (Lipinski definition) is 3. The van der Waals surface area contributed by atoms with Crippen molar-refractivity contribution >= 4 is 40.7 Å². The second-order valence-corrected chi connectivity index (χ2v) is 9.19. The monoisotopic (exact) mass is 488 g/mol. The second kappa shape index (κ2) is 9.30. The third kappa shape index (κ3) is 4.84. The summed E-state index contributed by atoms with van der Waals surface area (Å²) in [5, 5.41) is 17.7. The van der Waals surface area contributed by atoms with Crippen LogP contribution in [0.25, 0.3) is 0 Å². The van der Waals surface area contributed by atoms with Crippen LogP contribution < -0.4 is 25.6 Å². The van der Waals surface area contributed by atoms with Crippen LogP contribution in [0.3, 0.4) is 0 Å². The fraction of sp³-hybridized carbons (Fsp3) is 0.320. The van der Waals surface area contributed by atoms with Crippen molar-refractivity contribution in [2.75, 3.05) is 33.9 Å². The van der Waals surface area contributed by atoms with E-state index in [4.69, 9.17) is 10.00 Å². The fourth-order valence-corrected chi connectivity index (χ4v) is 4.05. The van der Waals surface area contributed by atoms with E-state index in [1.807, 2.05) is 24.3 Å². The number of rotatable bonds is 5. The number of carbonyl (C=O) groups is 1. The predicted molar refractivity (Wildman–Crippen MR) is 133 cm³/mol. The molecule has 10 nitrogen and oxygen atoms in total. The third-order valence-electron chi connectivity index (χ3n) is 6.16. The molecule has 1 amide bonds. The lowest BCUT2D eigenvalue weighted by molar-refractivity contribution is -0.129. The molecule has 4 heterocycles. The van der Waals surface area contributed by atoms with Crippen LogP contribution in [0.1, 0.15) is 26.7 Å². The van der Waals surface area contributed by atoms with Crippen molar-refractivity contribution < 1.29 is 13.9 Å². The molecule has 0 spiro atoms. The lowest BCUT2D eigenvalue weighted by Gasteiger charge is -2.31. The highest BCUT2D eigenvalue weighted by Gasteiger charge is 2.36. The van der Waals surface area contributed by atoms with Crippen molar-refractivity contribution in [3.63, 3.8) is 0 Å². The molecule has 0 bridgehead atoms. The van der Waals surface area contributed by atoms with E-state index in [1.54, 1.807) is 26.0 Å². The van der Waals surface area contributed by atoms with Crippen LogP contribution in [0, 0.1) is 23.1 Å². The summed E-state index contributed by atoms with van der Waals surface area (Å²) >= 11 is 0. The number of carbonyl (C=O) groups excluding carboxylic acids is 1. The maximum atomic E-state index is 14.4. The molecule has 1 aromatic carbocycles. The second-order valence-electron chi connectivity index (χ2n) is 9.19. The van der Waals surface area contributed by atoms with Gasteiger partial charge in [0.1, 0.15) is 5.82 Å². The number of halogens is 1. The van der Waals surface area contributed by atoms with Crippen molar-refractivity contribution in [2.24, 2.45) is 5.92 Å². The summed E-state index contributed by atoms with van der Waals surface area (Å²) in [5.74, 6) is 0.247. The van der Waals surface area contributed by atoms with E-state index in [0.29, 0.717) is 5.75 Å². The number of amides is 1. The number of nitrogens with one attached hydrogen (secondary N) is 3. The molecule has 5 rings (SSSR count). The van der Waals surface area contributed by atoms with Gasteiger partial charge in [-0.05, 0) is 63.1 Å². The molecule has 0 radical (unpaired) electrons. The number of piperidine rings is 1. The van der Waals surface area contributed by atoms with E-state index in [-0.39, 0.29) is 35.2 Å². The molecule has 2 aromatic heterocycles. The van der Waals surface area contributed by atoms with Gasteiger partial charge >= 0.3 is 0 Å². The van der Waals surface area contributed by atoms with Gasteiger partial charge in [0.05, 0.1) is 12.3 Å². The van der Waals surface area contributed by atoms with Gasteiger partial charge in [-0.3, -0.25) is 4.79 Å². The van der Waals surface area contributed by atoms with Crippen LogP contribution in [0.5, 0.6) is 5.75 Å². The van der Waals surface area contributed by atoms with Crippen molar-refractivity contribution in [3.05, 3.63) is 48.4 Å². The van der Waals surface area contributed by atoms with E-state index < -0.39 is 11.4 Å². The van der Waals surface area contributed by atoms with Gasteiger partial charge in [-0.2, -0.15) is 10.2 Å². The van der Waals surface area contributed by atoms with Gasteiger partial charge in [0, 0.05) is 30.4 Å². The summed E-state index contributed by atoms with van der Waals surface area (Å²) in [4.78, 5) is 27.0. The van der Waals surface area contributed by atoms with Gasteiger partial charge in [-0.1, -0.05) is 0 Å². The molecule has 36 heavy (non-hydrogen) atoms. The van der Waals surface area contributed by atoms with Gasteiger partial charge in [0.2, 0.25) is 5.95 Å². The Bertz CT molecular complexity index is 1330. The first-order valence-electron chi connectivity index (χ1n) is 11.6. The van der Waals surface area contributed by atoms with Crippen LogP contribution in [0.15, 0.2) is 42.6 Å². The minimum Gasteiger partial charge on any atom is -0.474 e. The zero-order valence-corrected chi connectivity index (χ0v) is 19.9. The van der Waals surface area contributed by atoms with Crippen molar-refractivity contribution in [3.8, 4) is 11.8 Å². The Morgan fingerprint density at radius 1 is 1.14 bits per heavy atom. The summed E-state index contributed by atoms with van der Waals surface area (Å²) in [7, 11) is 0. The largest absolute Gasteiger partial charge is 0.474 e. The quantitative estimate of drug-likeness (QED) is 0.480. The van der Waals surface area contributed by atoms with Crippen LogP contribution in [0.2, 0.25) is 0 Å². The zero-order valence-electron chi connectivity index (χ0n) is 19.9. The molecule has 0 atom stereocenters. The minimum atomic E-state index is -1.00. The number of benzene rings is 1. The molecular formula is C25H25FN8O2. The first-order valence-corrected chi connectivity index (χ1v) is 11.6. The molecule has 3 aromatic rings. The van der Waals surface area contributed by atoms with Crippen molar-refractivity contribution in [2.45, 2.75) is 32.3 Å². The topological polar surface area (TPSA) is 128 Å². The van der Waals surface area contributed by atoms with Gasteiger partial charge in [-0.25, -0.2) is 14.4 Å². The Morgan fingerprint density at radius 2 is 1.89 bits per heavy atom. The van der Waals surface area contributed by atoms with E-state index in [2.05, 4.69) is 41.9 Å². The van der Waals surface area contributed by atoms with Crippen LogP contribution in [0.4, 0.5) is 39.2 Å². The summed E-state index contributed by atoms with van der Waals surface area (Å²) in [6, 6.07) is 13.4. The number of ether oxygens (including phenoxy) is 1. The van der Waals surface area contributed by atoms with E-state index in [9.17, 15) is 9.18 Å². The number of pyridine rings is 1. The molecule has 1 saturated heterocycles. The van der Waals surface area contributed by atoms with Gasteiger partial charge in [0.15, 0.2) is 28.8 Å². The Labute approximate surface area is 207 Å². The Balaban J connectivity index is 1.27. The molecule has 184 valence electrons. The Hall–Kier alpha value is -4.46. The summed E-state index contributed by atoms with van der Waals surface area (Å²) < 4.78 is 20.1. The highest BCUT2D eigenvalue weighted by molar-refractivity contribution is 5.99. The number of nitrogens with zero attached hydrogens (tertiary/aromatic N) is 5. The van der Waals surface area contributed by atoms with Crippen molar-refractivity contribution in [1.29, 1.82) is 5.26 Å². The summed E-state index contributed by atoms with van der Waals surface area (Å²) in [6.45, 7) is 5.03. The summed E-state index contributed by atoms with van der Waals surface area (Å²) in [6.07, 6.45) is 2.80. The maximum Gasteiger partial charge on any atom is 0.269 e. The molecule has 2 aliphatic rings. The zero-order chi connectivity index (χ0) is 25.3. The number of fused-ring (bicyclic) bond motifs is 1. The smallest absolute Gasteiger partial charge is 0.269 e. The van der Waals surface area contributed by atoms with E-state index in [0.717, 1.165) is 43.5 Å². The van der Waals surface area contributed by atoms with Gasteiger partial charge < -0.3 is 25.6 Å². The standard InChI is InChI=1S/C25H25FN8O2/c1-25(2)23(35)32-22-19(36-25)7-8-20(31-22)30-21-18(26)14-28-24(33-21)29-16-3-5-17(6-4-16)34-11-9-15(13-27)10-12-34/h3-8,14-15H,9-12H2,1-2H3,(H3,28,29,30,31,32,33,35). The highest BCUT2D eigenvalue weighted by Crippen LogP contribution is 2.33. The Kier molecular flexibility index (Phi) is 6.01. The molecule has 0 aliphatic carbocycles. The first kappa shape index (κ1) is 23.3. The molecule has 11 heteroatoms. The predicted octanol–water partition coefficient (Wildman–Crippen LogP) is 4.35. The fourth-order valence-electron chi connectivity index (χ4n) is 4.05. The molecule has 0 saturated carbocycles. The summed E-state index contributed by atoms with van der Waals surface area (Å²) in [5.41, 5.74) is 0.824. The van der Waals surface area contributed by atoms with Crippen LogP contribution in [-0.4, -0.2) is 39.5 Å². The number of aromatic nitrogens is 3. The van der Waals surface area contributed by atoms with E-state index >= 15 is 0 Å². The molecule has 2 aliphatic heterocycles. The first-order chi connectivity index (χ1) is 17.3. The molecular weight excluding hydrogens is 463 g/mol. The normalized spacial score (nSPS) is 16.8. The maximum absolute atomic E-state index is 14.4. The number of hydrogen-bond acceptors (Lipinski definition) is 9. The molecule has 3 N–H and O–H groups in total.